The number of hydrogen-bond acceptors (Lipinski definition) is 4. The number of rotatable bonds is 4. The third-order valence-corrected chi connectivity index (χ3v) is 3.27. The van der Waals surface area contributed by atoms with E-state index in [-0.39, 0.29) is 17.9 Å². The number of pyridine rings is 1. The Balaban J connectivity index is 2.06. The maximum absolute atomic E-state index is 12.0. The predicted molar refractivity (Wildman–Crippen MR) is 76.2 cm³/mol. The average molecular weight is 288 g/mol. The van der Waals surface area contributed by atoms with E-state index in [1.807, 2.05) is 20.9 Å². The van der Waals surface area contributed by atoms with Crippen molar-refractivity contribution in [3.8, 4) is 0 Å². The van der Waals surface area contributed by atoms with Crippen LogP contribution in [0.5, 0.6) is 0 Å². The molecule has 0 spiro atoms. The Labute approximate surface area is 121 Å². The molecule has 0 aliphatic heterocycles. The number of aromatic carboxylic acids is 1. The van der Waals surface area contributed by atoms with Crippen LogP contribution in [0.25, 0.3) is 0 Å². The van der Waals surface area contributed by atoms with Crippen molar-refractivity contribution in [2.24, 2.45) is 7.05 Å². The predicted octanol–water partition coefficient (Wildman–Crippen LogP) is 1.31. The van der Waals surface area contributed by atoms with E-state index < -0.39 is 5.97 Å². The van der Waals surface area contributed by atoms with Crippen molar-refractivity contribution < 1.29 is 14.7 Å². The van der Waals surface area contributed by atoms with Crippen LogP contribution in [0.3, 0.4) is 0 Å². The minimum atomic E-state index is -1.05. The number of nitrogens with zero attached hydrogens (tertiary/aromatic N) is 3. The Morgan fingerprint density at radius 1 is 1.33 bits per heavy atom. The lowest BCUT2D eigenvalue weighted by Gasteiger charge is -2.05. The van der Waals surface area contributed by atoms with E-state index in [2.05, 4.69) is 15.4 Å². The van der Waals surface area contributed by atoms with Crippen LogP contribution in [-0.4, -0.2) is 31.7 Å². The first-order chi connectivity index (χ1) is 9.88. The van der Waals surface area contributed by atoms with Gasteiger partial charge in [-0.05, 0) is 26.0 Å². The molecule has 7 heteroatoms. The van der Waals surface area contributed by atoms with E-state index in [9.17, 15) is 9.59 Å². The van der Waals surface area contributed by atoms with Crippen LogP contribution in [0.1, 0.15) is 27.3 Å². The largest absolute Gasteiger partial charge is 0.478 e. The van der Waals surface area contributed by atoms with Gasteiger partial charge < -0.3 is 10.4 Å². The van der Waals surface area contributed by atoms with Crippen molar-refractivity contribution in [3.63, 3.8) is 0 Å². The second-order valence-corrected chi connectivity index (χ2v) is 4.74. The first-order valence-electron chi connectivity index (χ1n) is 6.36. The summed E-state index contributed by atoms with van der Waals surface area (Å²) in [5, 5.41) is 15.7. The highest BCUT2D eigenvalue weighted by atomic mass is 16.4. The molecule has 0 atom stereocenters. The molecule has 0 saturated carbocycles. The Kier molecular flexibility index (Phi) is 4.02. The number of aromatic nitrogens is 3. The Bertz CT molecular complexity index is 689. The van der Waals surface area contributed by atoms with E-state index in [0.717, 1.165) is 17.0 Å². The maximum atomic E-state index is 12.0. The van der Waals surface area contributed by atoms with Gasteiger partial charge in [0.25, 0.3) is 0 Å². The molecule has 1 amide bonds. The van der Waals surface area contributed by atoms with Crippen LogP contribution >= 0.6 is 0 Å². The summed E-state index contributed by atoms with van der Waals surface area (Å²) in [4.78, 5) is 26.6. The normalized spacial score (nSPS) is 10.4. The van der Waals surface area contributed by atoms with Gasteiger partial charge in [0, 0.05) is 24.5 Å². The van der Waals surface area contributed by atoms with Crippen molar-refractivity contribution >= 4 is 17.7 Å². The van der Waals surface area contributed by atoms with Gasteiger partial charge in [0.2, 0.25) is 5.91 Å². The number of aryl methyl sites for hydroxylation is 2. The molecule has 0 radical (unpaired) electrons. The summed E-state index contributed by atoms with van der Waals surface area (Å²) in [5.41, 5.74) is 2.72. The van der Waals surface area contributed by atoms with Gasteiger partial charge in [0.05, 0.1) is 17.7 Å². The standard InChI is InChI=1S/C14H16N4O3/c1-8-11(9(2)18(3)17-8)6-13(19)16-12-5-4-10(7-15-12)14(20)21/h4-5,7H,6H2,1-3H3,(H,20,21)(H,15,16,19). The Morgan fingerprint density at radius 2 is 2.05 bits per heavy atom. The van der Waals surface area contributed by atoms with Crippen LogP contribution < -0.4 is 5.32 Å². The number of anilines is 1. The molecule has 0 bridgehead atoms. The Morgan fingerprint density at radius 3 is 2.52 bits per heavy atom. The highest BCUT2D eigenvalue weighted by Crippen LogP contribution is 2.13. The summed E-state index contributed by atoms with van der Waals surface area (Å²) in [6.45, 7) is 3.76. The van der Waals surface area contributed by atoms with Crippen molar-refractivity contribution in [1.82, 2.24) is 14.8 Å². The first kappa shape index (κ1) is 14.7. The lowest BCUT2D eigenvalue weighted by molar-refractivity contribution is -0.115. The van der Waals surface area contributed by atoms with E-state index in [4.69, 9.17) is 5.11 Å². The van der Waals surface area contributed by atoms with Crippen LogP contribution in [0, 0.1) is 13.8 Å². The molecule has 110 valence electrons. The zero-order valence-corrected chi connectivity index (χ0v) is 12.0. The summed E-state index contributed by atoms with van der Waals surface area (Å²) in [7, 11) is 1.83. The maximum Gasteiger partial charge on any atom is 0.337 e. The topological polar surface area (TPSA) is 97.1 Å². The lowest BCUT2D eigenvalue weighted by atomic mass is 10.1. The quantitative estimate of drug-likeness (QED) is 0.884. The zero-order valence-electron chi connectivity index (χ0n) is 12.0. The number of amides is 1. The fourth-order valence-electron chi connectivity index (χ4n) is 2.02. The summed E-state index contributed by atoms with van der Waals surface area (Å²) in [5.74, 6) is -0.948. The van der Waals surface area contributed by atoms with Gasteiger partial charge in [-0.1, -0.05) is 0 Å². The highest BCUT2D eigenvalue weighted by Gasteiger charge is 2.14. The molecule has 0 aliphatic rings. The smallest absolute Gasteiger partial charge is 0.337 e. The van der Waals surface area contributed by atoms with Crippen LogP contribution in [0.4, 0.5) is 5.82 Å². The van der Waals surface area contributed by atoms with Crippen LogP contribution in [-0.2, 0) is 18.3 Å². The third kappa shape index (κ3) is 3.25. The molecule has 0 saturated heterocycles. The molecular weight excluding hydrogens is 272 g/mol. The molecule has 0 fully saturated rings. The summed E-state index contributed by atoms with van der Waals surface area (Å²) < 4.78 is 1.73. The van der Waals surface area contributed by atoms with Gasteiger partial charge in [-0.15, -0.1) is 0 Å². The van der Waals surface area contributed by atoms with Gasteiger partial charge >= 0.3 is 5.97 Å². The van der Waals surface area contributed by atoms with E-state index in [1.165, 1.54) is 18.3 Å². The Hall–Kier alpha value is -2.70. The van der Waals surface area contributed by atoms with Gasteiger partial charge in [0.15, 0.2) is 0 Å². The summed E-state index contributed by atoms with van der Waals surface area (Å²) in [6.07, 6.45) is 1.41. The fraction of sp³-hybridized carbons (Fsp3) is 0.286. The molecule has 21 heavy (non-hydrogen) atoms. The van der Waals surface area contributed by atoms with Crippen molar-refractivity contribution in [3.05, 3.63) is 40.8 Å². The molecule has 0 aliphatic carbocycles. The molecule has 0 aromatic carbocycles. The van der Waals surface area contributed by atoms with Gasteiger partial charge in [0.1, 0.15) is 5.82 Å². The van der Waals surface area contributed by atoms with Crippen molar-refractivity contribution in [1.29, 1.82) is 0 Å². The average Bonchev–Trinajstić information content (AvgIpc) is 2.66. The van der Waals surface area contributed by atoms with E-state index >= 15 is 0 Å². The van der Waals surface area contributed by atoms with Gasteiger partial charge in [-0.3, -0.25) is 9.48 Å². The van der Waals surface area contributed by atoms with Crippen molar-refractivity contribution in [2.45, 2.75) is 20.3 Å². The van der Waals surface area contributed by atoms with Gasteiger partial charge in [-0.25, -0.2) is 9.78 Å². The molecule has 7 nitrogen and oxygen atoms in total. The second kappa shape index (κ2) is 5.74. The molecular formula is C14H16N4O3. The van der Waals surface area contributed by atoms with E-state index in [0.29, 0.717) is 5.82 Å². The minimum absolute atomic E-state index is 0.0759. The number of carbonyl (C=O) groups excluding carboxylic acids is 1. The number of hydrogen-bond donors (Lipinski definition) is 2. The van der Waals surface area contributed by atoms with Crippen molar-refractivity contribution in [2.75, 3.05) is 5.32 Å². The number of carboxylic acid groups (broad SMARTS) is 1. The number of carboxylic acids is 1. The number of carbonyl (C=O) groups is 2. The molecule has 2 rings (SSSR count). The number of nitrogens with one attached hydrogen (secondary N) is 1. The molecule has 2 N–H and O–H groups in total. The third-order valence-electron chi connectivity index (χ3n) is 3.27. The molecule has 0 unspecified atom stereocenters. The van der Waals surface area contributed by atoms with Gasteiger partial charge in [-0.2, -0.15) is 5.10 Å². The monoisotopic (exact) mass is 288 g/mol. The lowest BCUT2D eigenvalue weighted by Crippen LogP contribution is -2.16. The molecule has 2 heterocycles. The minimum Gasteiger partial charge on any atom is -0.478 e. The fourth-order valence-corrected chi connectivity index (χ4v) is 2.02. The van der Waals surface area contributed by atoms with Crippen LogP contribution in [0.15, 0.2) is 18.3 Å². The molecule has 2 aromatic rings. The zero-order chi connectivity index (χ0) is 15.6. The molecule has 2 aromatic heterocycles. The van der Waals surface area contributed by atoms with E-state index in [1.54, 1.807) is 4.68 Å². The first-order valence-corrected chi connectivity index (χ1v) is 6.36. The summed E-state index contributed by atoms with van der Waals surface area (Å²) >= 11 is 0. The second-order valence-electron chi connectivity index (χ2n) is 4.74. The SMILES string of the molecule is Cc1nn(C)c(C)c1CC(=O)Nc1ccc(C(=O)O)cn1. The van der Waals surface area contributed by atoms with Crippen LogP contribution in [0.2, 0.25) is 0 Å². The summed E-state index contributed by atoms with van der Waals surface area (Å²) in [6, 6.07) is 2.86. The highest BCUT2D eigenvalue weighted by molar-refractivity contribution is 5.92.